The molecule has 22 heavy (non-hydrogen) atoms. The first-order valence-corrected chi connectivity index (χ1v) is 6.55. The molecule has 1 aliphatic heterocycles. The molecule has 1 N–H and O–H groups in total. The van der Waals surface area contributed by atoms with Crippen LogP contribution in [0.2, 0.25) is 0 Å². The van der Waals surface area contributed by atoms with Crippen molar-refractivity contribution in [2.45, 2.75) is 0 Å². The van der Waals surface area contributed by atoms with E-state index in [2.05, 4.69) is 5.32 Å². The molecule has 0 radical (unpaired) electrons. The number of carbonyl (C=O) groups is 2. The smallest absolute Gasteiger partial charge is 0.255 e. The molecule has 112 valence electrons. The first-order chi connectivity index (χ1) is 10.7. The van der Waals surface area contributed by atoms with Gasteiger partial charge in [-0.25, -0.2) is 0 Å². The van der Waals surface area contributed by atoms with Crippen LogP contribution in [-0.4, -0.2) is 26.1 Å². The standard InChI is InChI=1S/C16H13NO5/c1-20-13-4-2-10(8-18)6-12(13)17-16(19)11-3-5-14-15(7-11)22-9-21-14/h2-8H,9H2,1H3,(H,17,19). The summed E-state index contributed by atoms with van der Waals surface area (Å²) < 4.78 is 15.6. The summed E-state index contributed by atoms with van der Waals surface area (Å²) in [6, 6.07) is 9.71. The van der Waals surface area contributed by atoms with E-state index in [9.17, 15) is 9.59 Å². The van der Waals surface area contributed by atoms with Crippen LogP contribution in [0.15, 0.2) is 36.4 Å². The van der Waals surface area contributed by atoms with Crippen molar-refractivity contribution >= 4 is 17.9 Å². The zero-order valence-corrected chi connectivity index (χ0v) is 11.8. The van der Waals surface area contributed by atoms with Crippen molar-refractivity contribution in [2.75, 3.05) is 19.2 Å². The molecular formula is C16H13NO5. The number of aldehydes is 1. The van der Waals surface area contributed by atoms with Gasteiger partial charge in [0.2, 0.25) is 6.79 Å². The highest BCUT2D eigenvalue weighted by molar-refractivity contribution is 6.05. The molecule has 3 rings (SSSR count). The Bertz CT molecular complexity index is 741. The summed E-state index contributed by atoms with van der Waals surface area (Å²) in [5.41, 5.74) is 1.29. The van der Waals surface area contributed by atoms with Crippen LogP contribution in [-0.2, 0) is 0 Å². The van der Waals surface area contributed by atoms with Crippen LogP contribution in [0, 0.1) is 0 Å². The Morgan fingerprint density at radius 1 is 1.18 bits per heavy atom. The van der Waals surface area contributed by atoms with Crippen molar-refractivity contribution in [1.29, 1.82) is 0 Å². The van der Waals surface area contributed by atoms with Gasteiger partial charge in [-0.1, -0.05) is 0 Å². The molecule has 0 saturated heterocycles. The molecule has 2 aromatic rings. The molecule has 1 heterocycles. The third-order valence-electron chi connectivity index (χ3n) is 3.24. The fourth-order valence-corrected chi connectivity index (χ4v) is 2.13. The second-order valence-corrected chi connectivity index (χ2v) is 4.60. The lowest BCUT2D eigenvalue weighted by atomic mass is 10.1. The SMILES string of the molecule is COc1ccc(C=O)cc1NC(=O)c1ccc2c(c1)OCO2. The maximum absolute atomic E-state index is 12.3. The van der Waals surface area contributed by atoms with Gasteiger partial charge >= 0.3 is 0 Å². The van der Waals surface area contributed by atoms with Crippen molar-refractivity contribution in [1.82, 2.24) is 0 Å². The average molecular weight is 299 g/mol. The van der Waals surface area contributed by atoms with Gasteiger partial charge < -0.3 is 19.5 Å². The minimum absolute atomic E-state index is 0.148. The predicted molar refractivity (Wildman–Crippen MR) is 78.9 cm³/mol. The van der Waals surface area contributed by atoms with E-state index >= 15 is 0 Å². The molecule has 6 nitrogen and oxygen atoms in total. The number of methoxy groups -OCH3 is 1. The van der Waals surface area contributed by atoms with Gasteiger partial charge in [-0.15, -0.1) is 0 Å². The summed E-state index contributed by atoms with van der Waals surface area (Å²) in [5.74, 6) is 1.28. The van der Waals surface area contributed by atoms with Crippen LogP contribution < -0.4 is 19.5 Å². The number of nitrogens with one attached hydrogen (secondary N) is 1. The Morgan fingerprint density at radius 3 is 2.77 bits per heavy atom. The minimum Gasteiger partial charge on any atom is -0.495 e. The van der Waals surface area contributed by atoms with Gasteiger partial charge in [0, 0.05) is 11.1 Å². The molecule has 0 aliphatic carbocycles. The monoisotopic (exact) mass is 299 g/mol. The molecule has 1 aliphatic rings. The van der Waals surface area contributed by atoms with Gasteiger partial charge in [0.1, 0.15) is 12.0 Å². The molecule has 0 saturated carbocycles. The summed E-state index contributed by atoms with van der Waals surface area (Å²) in [4.78, 5) is 23.2. The number of benzene rings is 2. The molecule has 0 fully saturated rings. The number of hydrogen-bond acceptors (Lipinski definition) is 5. The number of carbonyl (C=O) groups excluding carboxylic acids is 2. The summed E-state index contributed by atoms with van der Waals surface area (Å²) >= 11 is 0. The first kappa shape index (κ1) is 13.9. The molecule has 0 bridgehead atoms. The molecule has 6 heteroatoms. The Morgan fingerprint density at radius 2 is 2.00 bits per heavy atom. The number of hydrogen-bond donors (Lipinski definition) is 1. The highest BCUT2D eigenvalue weighted by atomic mass is 16.7. The normalized spacial score (nSPS) is 11.9. The lowest BCUT2D eigenvalue weighted by Gasteiger charge is -2.11. The lowest BCUT2D eigenvalue weighted by Crippen LogP contribution is -2.12. The largest absolute Gasteiger partial charge is 0.495 e. The maximum atomic E-state index is 12.3. The van der Waals surface area contributed by atoms with Crippen LogP contribution in [0.5, 0.6) is 17.2 Å². The van der Waals surface area contributed by atoms with Gasteiger partial charge in [0.05, 0.1) is 12.8 Å². The zero-order chi connectivity index (χ0) is 15.5. The van der Waals surface area contributed by atoms with E-state index in [1.807, 2.05) is 0 Å². The third kappa shape index (κ3) is 2.58. The quantitative estimate of drug-likeness (QED) is 0.878. The molecule has 0 unspecified atom stereocenters. The van der Waals surface area contributed by atoms with Crippen LogP contribution in [0.25, 0.3) is 0 Å². The van der Waals surface area contributed by atoms with Crippen LogP contribution in [0.3, 0.4) is 0 Å². The van der Waals surface area contributed by atoms with E-state index in [0.29, 0.717) is 40.3 Å². The van der Waals surface area contributed by atoms with Gasteiger partial charge in [0.25, 0.3) is 5.91 Å². The van der Waals surface area contributed by atoms with Crippen molar-refractivity contribution in [3.05, 3.63) is 47.5 Å². The molecule has 1 amide bonds. The molecule has 0 spiro atoms. The van der Waals surface area contributed by atoms with Gasteiger partial charge in [0.15, 0.2) is 11.5 Å². The van der Waals surface area contributed by atoms with E-state index in [0.717, 1.165) is 0 Å². The second kappa shape index (κ2) is 5.77. The van der Waals surface area contributed by atoms with E-state index in [4.69, 9.17) is 14.2 Å². The maximum Gasteiger partial charge on any atom is 0.255 e. The Labute approximate surface area is 126 Å². The van der Waals surface area contributed by atoms with Crippen LogP contribution in [0.1, 0.15) is 20.7 Å². The summed E-state index contributed by atoms with van der Waals surface area (Å²) in [6.45, 7) is 0.148. The van der Waals surface area contributed by atoms with E-state index in [1.54, 1.807) is 36.4 Å². The summed E-state index contributed by atoms with van der Waals surface area (Å²) in [7, 11) is 1.49. The van der Waals surface area contributed by atoms with Crippen LogP contribution in [0.4, 0.5) is 5.69 Å². The van der Waals surface area contributed by atoms with E-state index < -0.39 is 0 Å². The predicted octanol–water partition coefficient (Wildman–Crippen LogP) is 2.49. The molecular weight excluding hydrogens is 286 g/mol. The molecule has 0 aromatic heterocycles. The highest BCUT2D eigenvalue weighted by Crippen LogP contribution is 2.33. The number of amides is 1. The lowest BCUT2D eigenvalue weighted by molar-refractivity contribution is 0.102. The van der Waals surface area contributed by atoms with E-state index in [1.165, 1.54) is 7.11 Å². The molecule has 2 aromatic carbocycles. The Kier molecular flexibility index (Phi) is 3.65. The van der Waals surface area contributed by atoms with Crippen LogP contribution >= 0.6 is 0 Å². The number of ether oxygens (including phenoxy) is 3. The highest BCUT2D eigenvalue weighted by Gasteiger charge is 2.17. The van der Waals surface area contributed by atoms with Crippen molar-refractivity contribution < 1.29 is 23.8 Å². The van der Waals surface area contributed by atoms with Crippen molar-refractivity contribution in [2.24, 2.45) is 0 Å². The van der Waals surface area contributed by atoms with Gasteiger partial charge in [-0.3, -0.25) is 9.59 Å². The average Bonchev–Trinajstić information content (AvgIpc) is 3.02. The fourth-order valence-electron chi connectivity index (χ4n) is 2.13. The zero-order valence-electron chi connectivity index (χ0n) is 11.8. The number of rotatable bonds is 4. The molecule has 0 atom stereocenters. The second-order valence-electron chi connectivity index (χ2n) is 4.60. The number of anilines is 1. The Balaban J connectivity index is 1.86. The summed E-state index contributed by atoms with van der Waals surface area (Å²) in [5, 5.41) is 2.72. The fraction of sp³-hybridized carbons (Fsp3) is 0.125. The first-order valence-electron chi connectivity index (χ1n) is 6.55. The topological polar surface area (TPSA) is 73.9 Å². The van der Waals surface area contributed by atoms with Crippen molar-refractivity contribution in [3.63, 3.8) is 0 Å². The van der Waals surface area contributed by atoms with Gasteiger partial charge in [-0.05, 0) is 36.4 Å². The minimum atomic E-state index is -0.334. The Hall–Kier alpha value is -3.02. The van der Waals surface area contributed by atoms with Gasteiger partial charge in [-0.2, -0.15) is 0 Å². The third-order valence-corrected chi connectivity index (χ3v) is 3.24. The summed E-state index contributed by atoms with van der Waals surface area (Å²) in [6.07, 6.45) is 0.704. The number of fused-ring (bicyclic) bond motifs is 1. The van der Waals surface area contributed by atoms with E-state index in [-0.39, 0.29) is 12.7 Å². The van der Waals surface area contributed by atoms with Crippen molar-refractivity contribution in [3.8, 4) is 17.2 Å².